The van der Waals surface area contributed by atoms with E-state index in [0.717, 1.165) is 51.2 Å². The van der Waals surface area contributed by atoms with E-state index >= 15 is 0 Å². The second kappa shape index (κ2) is 7.40. The fourth-order valence-electron chi connectivity index (χ4n) is 3.61. The molecule has 3 heterocycles. The van der Waals surface area contributed by atoms with Crippen LogP contribution in [-0.2, 0) is 6.18 Å². The number of rotatable bonds is 5. The Kier molecular flexibility index (Phi) is 4.94. The van der Waals surface area contributed by atoms with Crippen molar-refractivity contribution in [3.8, 4) is 5.88 Å². The summed E-state index contributed by atoms with van der Waals surface area (Å²) >= 11 is 0. The van der Waals surface area contributed by atoms with Crippen molar-refractivity contribution < 1.29 is 17.9 Å². The Morgan fingerprint density at radius 1 is 1.07 bits per heavy atom. The average Bonchev–Trinajstić information content (AvgIpc) is 3.53. The lowest BCUT2D eigenvalue weighted by molar-refractivity contribution is -0.141. The first kappa shape index (κ1) is 18.7. The minimum atomic E-state index is -4.47. The molecule has 0 aromatic carbocycles. The number of piperidine rings is 1. The van der Waals surface area contributed by atoms with E-state index in [2.05, 4.69) is 29.7 Å². The number of ether oxygens (including phenoxy) is 1. The van der Waals surface area contributed by atoms with Gasteiger partial charge in [0.25, 0.3) is 0 Å². The molecule has 0 amide bonds. The molecule has 0 unspecified atom stereocenters. The SMILES string of the molecule is COc1ccnc(N2CCC(N(c3cc(C(F)(F)F)ncn3)C3CC3)CC2)n1. The predicted octanol–water partition coefficient (Wildman–Crippen LogP) is 2.93. The summed E-state index contributed by atoms with van der Waals surface area (Å²) in [4.78, 5) is 20.3. The first-order valence-electron chi connectivity index (χ1n) is 9.25. The van der Waals surface area contributed by atoms with Gasteiger partial charge in [0.1, 0.15) is 17.8 Å². The highest BCUT2D eigenvalue weighted by atomic mass is 19.4. The number of hydrogen-bond donors (Lipinski definition) is 0. The van der Waals surface area contributed by atoms with Crippen molar-refractivity contribution in [1.29, 1.82) is 0 Å². The van der Waals surface area contributed by atoms with Crippen molar-refractivity contribution in [1.82, 2.24) is 19.9 Å². The Balaban J connectivity index is 1.49. The van der Waals surface area contributed by atoms with Crippen LogP contribution in [0.25, 0.3) is 0 Å². The van der Waals surface area contributed by atoms with Crippen LogP contribution in [-0.4, -0.2) is 52.2 Å². The minimum Gasteiger partial charge on any atom is -0.481 e. The molecule has 0 radical (unpaired) electrons. The maximum absolute atomic E-state index is 13.1. The monoisotopic (exact) mass is 394 g/mol. The zero-order valence-electron chi connectivity index (χ0n) is 15.4. The third-order valence-electron chi connectivity index (χ3n) is 5.12. The van der Waals surface area contributed by atoms with Gasteiger partial charge in [-0.3, -0.25) is 0 Å². The van der Waals surface area contributed by atoms with E-state index in [9.17, 15) is 13.2 Å². The Bertz CT molecular complexity index is 821. The van der Waals surface area contributed by atoms with E-state index < -0.39 is 11.9 Å². The summed E-state index contributed by atoms with van der Waals surface area (Å²) in [6.07, 6.45) is 1.73. The van der Waals surface area contributed by atoms with Gasteiger partial charge >= 0.3 is 6.18 Å². The van der Waals surface area contributed by atoms with Crippen molar-refractivity contribution in [2.75, 3.05) is 30.0 Å². The van der Waals surface area contributed by atoms with E-state index in [1.54, 1.807) is 19.4 Å². The minimum absolute atomic E-state index is 0.130. The van der Waals surface area contributed by atoms with Crippen LogP contribution in [0.3, 0.4) is 0 Å². The fourth-order valence-corrected chi connectivity index (χ4v) is 3.61. The van der Waals surface area contributed by atoms with Gasteiger partial charge in [-0.25, -0.2) is 15.0 Å². The molecular weight excluding hydrogens is 373 g/mol. The lowest BCUT2D eigenvalue weighted by Crippen LogP contribution is -2.47. The molecule has 1 saturated carbocycles. The van der Waals surface area contributed by atoms with Gasteiger partial charge < -0.3 is 14.5 Å². The van der Waals surface area contributed by atoms with Crippen molar-refractivity contribution in [3.63, 3.8) is 0 Å². The van der Waals surface area contributed by atoms with E-state index in [1.807, 2.05) is 0 Å². The number of hydrogen-bond acceptors (Lipinski definition) is 7. The molecule has 0 spiro atoms. The van der Waals surface area contributed by atoms with Gasteiger partial charge in [-0.1, -0.05) is 0 Å². The Labute approximate surface area is 160 Å². The molecule has 4 rings (SSSR count). The molecule has 1 aliphatic carbocycles. The molecule has 1 saturated heterocycles. The van der Waals surface area contributed by atoms with Crippen molar-refractivity contribution >= 4 is 11.8 Å². The van der Waals surface area contributed by atoms with Gasteiger partial charge in [-0.15, -0.1) is 0 Å². The van der Waals surface area contributed by atoms with E-state index in [-0.39, 0.29) is 12.1 Å². The third-order valence-corrected chi connectivity index (χ3v) is 5.12. The Morgan fingerprint density at radius 3 is 2.43 bits per heavy atom. The van der Waals surface area contributed by atoms with E-state index in [0.29, 0.717) is 17.6 Å². The smallest absolute Gasteiger partial charge is 0.433 e. The predicted molar refractivity (Wildman–Crippen MR) is 96.4 cm³/mol. The van der Waals surface area contributed by atoms with Gasteiger partial charge in [0, 0.05) is 43.5 Å². The zero-order chi connectivity index (χ0) is 19.7. The number of anilines is 2. The summed E-state index contributed by atoms with van der Waals surface area (Å²) in [5, 5.41) is 0. The number of nitrogens with zero attached hydrogens (tertiary/aromatic N) is 6. The number of methoxy groups -OCH3 is 1. The second-order valence-electron chi connectivity index (χ2n) is 7.01. The van der Waals surface area contributed by atoms with Crippen LogP contribution in [0, 0.1) is 0 Å². The van der Waals surface area contributed by atoms with Crippen LogP contribution in [0.2, 0.25) is 0 Å². The van der Waals surface area contributed by atoms with E-state index in [1.165, 1.54) is 0 Å². The largest absolute Gasteiger partial charge is 0.481 e. The number of halogens is 3. The fraction of sp³-hybridized carbons (Fsp3) is 0.556. The first-order valence-corrected chi connectivity index (χ1v) is 9.25. The molecule has 2 aromatic rings. The summed E-state index contributed by atoms with van der Waals surface area (Å²) in [7, 11) is 1.56. The van der Waals surface area contributed by atoms with Gasteiger partial charge in [0.05, 0.1) is 7.11 Å². The molecule has 1 aliphatic heterocycles. The molecule has 10 heteroatoms. The second-order valence-corrected chi connectivity index (χ2v) is 7.01. The molecule has 28 heavy (non-hydrogen) atoms. The topological polar surface area (TPSA) is 67.3 Å². The molecule has 2 aromatic heterocycles. The van der Waals surface area contributed by atoms with Crippen LogP contribution in [0.1, 0.15) is 31.4 Å². The summed E-state index contributed by atoms with van der Waals surface area (Å²) in [6.45, 7) is 1.44. The molecule has 150 valence electrons. The average molecular weight is 394 g/mol. The highest BCUT2D eigenvalue weighted by Crippen LogP contribution is 2.37. The van der Waals surface area contributed by atoms with Crippen LogP contribution in [0.5, 0.6) is 5.88 Å². The van der Waals surface area contributed by atoms with Gasteiger partial charge in [0.2, 0.25) is 11.8 Å². The summed E-state index contributed by atoms with van der Waals surface area (Å²) < 4.78 is 44.3. The lowest BCUT2D eigenvalue weighted by atomic mass is 10.0. The highest BCUT2D eigenvalue weighted by Gasteiger charge is 2.39. The molecule has 0 atom stereocenters. The third kappa shape index (κ3) is 3.95. The maximum Gasteiger partial charge on any atom is 0.433 e. The van der Waals surface area contributed by atoms with Gasteiger partial charge in [-0.2, -0.15) is 18.2 Å². The van der Waals surface area contributed by atoms with Crippen LogP contribution in [0.15, 0.2) is 24.7 Å². The van der Waals surface area contributed by atoms with E-state index in [4.69, 9.17) is 4.74 Å². The van der Waals surface area contributed by atoms with Gasteiger partial charge in [-0.05, 0) is 25.7 Å². The molecule has 2 fully saturated rings. The first-order chi connectivity index (χ1) is 13.5. The molecule has 0 bridgehead atoms. The van der Waals surface area contributed by atoms with Crippen LogP contribution < -0.4 is 14.5 Å². The highest BCUT2D eigenvalue weighted by molar-refractivity contribution is 5.45. The summed E-state index contributed by atoms with van der Waals surface area (Å²) in [5.41, 5.74) is -0.898. The zero-order valence-corrected chi connectivity index (χ0v) is 15.4. The molecule has 2 aliphatic rings. The quantitative estimate of drug-likeness (QED) is 0.772. The normalized spacial score (nSPS) is 18.2. The summed E-state index contributed by atoms with van der Waals surface area (Å²) in [5.74, 6) is 1.48. The number of aromatic nitrogens is 4. The Morgan fingerprint density at radius 2 is 1.79 bits per heavy atom. The Hall–Kier alpha value is -2.65. The lowest BCUT2D eigenvalue weighted by Gasteiger charge is -2.39. The van der Waals surface area contributed by atoms with Crippen molar-refractivity contribution in [2.24, 2.45) is 0 Å². The van der Waals surface area contributed by atoms with Crippen LogP contribution >= 0.6 is 0 Å². The van der Waals surface area contributed by atoms with Gasteiger partial charge in [0.15, 0.2) is 0 Å². The van der Waals surface area contributed by atoms with Crippen molar-refractivity contribution in [2.45, 2.75) is 43.9 Å². The molecular formula is C18H21F3N6O. The number of alkyl halides is 3. The molecule has 0 N–H and O–H groups in total. The molecule has 7 nitrogen and oxygen atoms in total. The summed E-state index contributed by atoms with van der Waals surface area (Å²) in [6, 6.07) is 3.14. The maximum atomic E-state index is 13.1. The van der Waals surface area contributed by atoms with Crippen molar-refractivity contribution in [3.05, 3.63) is 30.4 Å². The standard InChI is InChI=1S/C18H21F3N6O/c1-28-16-4-7-22-17(25-16)26-8-5-13(6-9-26)27(12-2-3-12)15-10-14(18(19,20)21)23-11-24-15/h4,7,10-13H,2-3,5-6,8-9H2,1H3. The van der Waals surface area contributed by atoms with Crippen LogP contribution in [0.4, 0.5) is 24.9 Å².